The van der Waals surface area contributed by atoms with Crippen molar-refractivity contribution in [3.63, 3.8) is 0 Å². The van der Waals surface area contributed by atoms with E-state index in [2.05, 4.69) is 5.32 Å². The van der Waals surface area contributed by atoms with E-state index in [9.17, 15) is 9.59 Å². The molecule has 0 aromatic carbocycles. The van der Waals surface area contributed by atoms with E-state index < -0.39 is 23.9 Å². The molecule has 1 aliphatic heterocycles. The molecule has 1 fully saturated rings. The van der Waals surface area contributed by atoms with Gasteiger partial charge in [-0.1, -0.05) is 0 Å². The second-order valence-corrected chi connectivity index (χ2v) is 4.34. The normalized spacial score (nSPS) is 24.3. The first-order valence-corrected chi connectivity index (χ1v) is 5.40. The van der Waals surface area contributed by atoms with Gasteiger partial charge in [0.15, 0.2) is 11.9 Å². The molecular weight excluding hydrogens is 228 g/mol. The number of ether oxygens (including phenoxy) is 2. The first-order chi connectivity index (χ1) is 7.82. The Labute approximate surface area is 99.3 Å². The molecule has 0 saturated carbocycles. The van der Waals surface area contributed by atoms with Gasteiger partial charge in [-0.15, -0.1) is 0 Å². The fourth-order valence-corrected chi connectivity index (χ4v) is 1.40. The van der Waals surface area contributed by atoms with Gasteiger partial charge >= 0.3 is 5.97 Å². The summed E-state index contributed by atoms with van der Waals surface area (Å²) < 4.78 is 10.6. The lowest BCUT2D eigenvalue weighted by molar-refractivity contribution is -0.153. The minimum atomic E-state index is -1.08. The Morgan fingerprint density at radius 3 is 2.71 bits per heavy atom. The summed E-state index contributed by atoms with van der Waals surface area (Å²) in [7, 11) is 0. The van der Waals surface area contributed by atoms with E-state index >= 15 is 0 Å². The average molecular weight is 246 g/mol. The summed E-state index contributed by atoms with van der Waals surface area (Å²) in [5, 5.41) is 11.1. The van der Waals surface area contributed by atoms with Crippen LogP contribution >= 0.6 is 0 Å². The molecule has 1 unspecified atom stereocenters. The molecule has 0 aromatic heterocycles. The van der Waals surface area contributed by atoms with Crippen LogP contribution < -0.4 is 11.1 Å². The molecular formula is C10H18N2O5. The summed E-state index contributed by atoms with van der Waals surface area (Å²) in [5.41, 5.74) is 5.29. The van der Waals surface area contributed by atoms with Crippen molar-refractivity contribution in [3.8, 4) is 0 Å². The SMILES string of the molecule is CC1(C)OCC(C(=O)NCC[C@H](N)C(=O)O)O1. The molecule has 2 atom stereocenters. The third-order valence-corrected chi connectivity index (χ3v) is 2.37. The monoisotopic (exact) mass is 246 g/mol. The van der Waals surface area contributed by atoms with Crippen LogP contribution in [0.1, 0.15) is 20.3 Å². The van der Waals surface area contributed by atoms with Crippen LogP contribution in [0.15, 0.2) is 0 Å². The highest BCUT2D eigenvalue weighted by molar-refractivity contribution is 5.81. The van der Waals surface area contributed by atoms with Crippen LogP contribution in [0.25, 0.3) is 0 Å². The largest absolute Gasteiger partial charge is 0.480 e. The number of carboxylic acid groups (broad SMARTS) is 1. The van der Waals surface area contributed by atoms with Crippen molar-refractivity contribution in [3.05, 3.63) is 0 Å². The number of nitrogens with one attached hydrogen (secondary N) is 1. The Bertz CT molecular complexity index is 305. The lowest BCUT2D eigenvalue weighted by atomic mass is 10.2. The molecule has 7 nitrogen and oxygen atoms in total. The van der Waals surface area contributed by atoms with Crippen LogP contribution in [-0.4, -0.2) is 48.1 Å². The number of amides is 1. The van der Waals surface area contributed by atoms with E-state index in [1.165, 1.54) is 0 Å². The van der Waals surface area contributed by atoms with Gasteiger partial charge in [-0.25, -0.2) is 0 Å². The maximum atomic E-state index is 11.6. The summed E-state index contributed by atoms with van der Waals surface area (Å²) in [5.74, 6) is -2.14. The number of nitrogens with two attached hydrogens (primary N) is 1. The van der Waals surface area contributed by atoms with Crippen molar-refractivity contribution in [1.82, 2.24) is 5.32 Å². The predicted molar refractivity (Wildman–Crippen MR) is 58.1 cm³/mol. The third-order valence-electron chi connectivity index (χ3n) is 2.37. The van der Waals surface area contributed by atoms with Gasteiger partial charge in [-0.2, -0.15) is 0 Å². The van der Waals surface area contributed by atoms with Gasteiger partial charge in [0, 0.05) is 6.54 Å². The Balaban J connectivity index is 2.25. The predicted octanol–water partition coefficient (Wildman–Crippen LogP) is -0.944. The standard InChI is InChI=1S/C10H18N2O5/c1-10(2)16-5-7(17-10)8(13)12-4-3-6(11)9(14)15/h6-7H,3-5,11H2,1-2H3,(H,12,13)(H,14,15)/t6-,7?/m0/s1. The molecule has 1 amide bonds. The zero-order valence-electron chi connectivity index (χ0n) is 9.93. The molecule has 1 heterocycles. The second-order valence-electron chi connectivity index (χ2n) is 4.34. The molecule has 0 bridgehead atoms. The number of hydrogen-bond donors (Lipinski definition) is 3. The minimum absolute atomic E-state index is 0.179. The molecule has 1 aliphatic rings. The van der Waals surface area contributed by atoms with E-state index in [1.807, 2.05) is 0 Å². The minimum Gasteiger partial charge on any atom is -0.480 e. The highest BCUT2D eigenvalue weighted by Gasteiger charge is 2.36. The van der Waals surface area contributed by atoms with Gasteiger partial charge in [0.1, 0.15) is 6.04 Å². The van der Waals surface area contributed by atoms with Crippen molar-refractivity contribution in [2.75, 3.05) is 13.2 Å². The summed E-state index contributed by atoms with van der Waals surface area (Å²) in [6.45, 7) is 3.84. The third kappa shape index (κ3) is 4.29. The van der Waals surface area contributed by atoms with Gasteiger partial charge in [-0.3, -0.25) is 9.59 Å². The van der Waals surface area contributed by atoms with Crippen LogP contribution in [-0.2, 0) is 19.1 Å². The number of aliphatic carboxylic acids is 1. The molecule has 1 rings (SSSR count). The van der Waals surface area contributed by atoms with Crippen molar-refractivity contribution in [2.24, 2.45) is 5.73 Å². The highest BCUT2D eigenvalue weighted by Crippen LogP contribution is 2.22. The number of carbonyl (C=O) groups is 2. The molecule has 0 radical (unpaired) electrons. The summed E-state index contributed by atoms with van der Waals surface area (Å²) in [6, 6.07) is -0.965. The lowest BCUT2D eigenvalue weighted by Gasteiger charge is -2.16. The fourth-order valence-electron chi connectivity index (χ4n) is 1.40. The molecule has 7 heteroatoms. The summed E-state index contributed by atoms with van der Waals surface area (Å²) >= 11 is 0. The molecule has 4 N–H and O–H groups in total. The van der Waals surface area contributed by atoms with E-state index in [-0.39, 0.29) is 25.5 Å². The van der Waals surface area contributed by atoms with Crippen molar-refractivity contribution >= 4 is 11.9 Å². The van der Waals surface area contributed by atoms with E-state index in [0.29, 0.717) is 0 Å². The summed E-state index contributed by atoms with van der Waals surface area (Å²) in [4.78, 5) is 22.0. The van der Waals surface area contributed by atoms with Gasteiger partial charge in [-0.05, 0) is 20.3 Å². The first kappa shape index (κ1) is 13.9. The summed E-state index contributed by atoms with van der Waals surface area (Å²) in [6.07, 6.45) is -0.469. The fraction of sp³-hybridized carbons (Fsp3) is 0.800. The van der Waals surface area contributed by atoms with Crippen molar-refractivity contribution in [1.29, 1.82) is 0 Å². The molecule has 98 valence electrons. The van der Waals surface area contributed by atoms with E-state index in [1.54, 1.807) is 13.8 Å². The quantitative estimate of drug-likeness (QED) is 0.577. The van der Waals surface area contributed by atoms with Crippen LogP contribution in [0.2, 0.25) is 0 Å². The highest BCUT2D eigenvalue weighted by atomic mass is 16.7. The second kappa shape index (κ2) is 5.44. The van der Waals surface area contributed by atoms with Crippen LogP contribution in [0.5, 0.6) is 0 Å². The molecule has 0 aromatic rings. The van der Waals surface area contributed by atoms with Gasteiger partial charge in [0.25, 0.3) is 5.91 Å². The van der Waals surface area contributed by atoms with Gasteiger partial charge in [0.05, 0.1) is 6.61 Å². The first-order valence-electron chi connectivity index (χ1n) is 5.40. The van der Waals surface area contributed by atoms with Crippen LogP contribution in [0.4, 0.5) is 0 Å². The lowest BCUT2D eigenvalue weighted by Crippen LogP contribution is -2.40. The maximum absolute atomic E-state index is 11.6. The van der Waals surface area contributed by atoms with E-state index in [4.69, 9.17) is 20.3 Å². The average Bonchev–Trinajstić information content (AvgIpc) is 2.58. The number of hydrogen-bond acceptors (Lipinski definition) is 5. The number of rotatable bonds is 5. The van der Waals surface area contributed by atoms with Crippen LogP contribution in [0.3, 0.4) is 0 Å². The zero-order valence-corrected chi connectivity index (χ0v) is 9.93. The maximum Gasteiger partial charge on any atom is 0.320 e. The van der Waals surface area contributed by atoms with E-state index in [0.717, 1.165) is 0 Å². The number of carbonyl (C=O) groups excluding carboxylic acids is 1. The Morgan fingerprint density at radius 1 is 1.59 bits per heavy atom. The van der Waals surface area contributed by atoms with Gasteiger partial charge < -0.3 is 25.6 Å². The Hall–Kier alpha value is -1.18. The smallest absolute Gasteiger partial charge is 0.320 e. The molecule has 0 spiro atoms. The number of carboxylic acids is 1. The molecule has 17 heavy (non-hydrogen) atoms. The van der Waals surface area contributed by atoms with Crippen LogP contribution in [0, 0.1) is 0 Å². The van der Waals surface area contributed by atoms with Crippen molar-refractivity contribution in [2.45, 2.75) is 38.2 Å². The molecule has 1 saturated heterocycles. The Morgan fingerprint density at radius 2 is 2.24 bits per heavy atom. The topological polar surface area (TPSA) is 111 Å². The van der Waals surface area contributed by atoms with Gasteiger partial charge in [0.2, 0.25) is 0 Å². The van der Waals surface area contributed by atoms with Crippen molar-refractivity contribution < 1.29 is 24.2 Å². The zero-order chi connectivity index (χ0) is 13.1. The Kier molecular flexibility index (Phi) is 4.44. The molecule has 0 aliphatic carbocycles.